The van der Waals surface area contributed by atoms with Crippen LogP contribution in [0, 0.1) is 0 Å². The van der Waals surface area contributed by atoms with E-state index in [1.807, 2.05) is 31.4 Å². The lowest BCUT2D eigenvalue weighted by Crippen LogP contribution is -2.39. The van der Waals surface area contributed by atoms with Gasteiger partial charge in [-0.25, -0.2) is 4.98 Å². The SMILES string of the molecule is CCc1cnc(CCNC(=NC)N(C)Cc2ccccc2OC)s1. The van der Waals surface area contributed by atoms with Crippen molar-refractivity contribution >= 4 is 17.3 Å². The van der Waals surface area contributed by atoms with Crippen LogP contribution in [-0.4, -0.2) is 43.6 Å². The third kappa shape index (κ3) is 4.96. The Morgan fingerprint density at radius 3 is 2.83 bits per heavy atom. The highest BCUT2D eigenvalue weighted by atomic mass is 32.1. The van der Waals surface area contributed by atoms with Gasteiger partial charge in [-0.15, -0.1) is 11.3 Å². The number of para-hydroxylation sites is 1. The first kappa shape index (κ1) is 18.3. The van der Waals surface area contributed by atoms with Gasteiger partial charge >= 0.3 is 0 Å². The van der Waals surface area contributed by atoms with Crippen LogP contribution in [0.1, 0.15) is 22.4 Å². The molecule has 130 valence electrons. The van der Waals surface area contributed by atoms with Gasteiger partial charge in [-0.2, -0.15) is 0 Å². The number of methoxy groups -OCH3 is 1. The number of nitrogens with zero attached hydrogens (tertiary/aromatic N) is 3. The Kier molecular flexibility index (Phi) is 7.06. The van der Waals surface area contributed by atoms with Crippen molar-refractivity contribution in [2.45, 2.75) is 26.3 Å². The highest BCUT2D eigenvalue weighted by Gasteiger charge is 2.10. The van der Waals surface area contributed by atoms with Crippen molar-refractivity contribution in [1.82, 2.24) is 15.2 Å². The molecule has 1 aromatic heterocycles. The van der Waals surface area contributed by atoms with Crippen LogP contribution in [0.15, 0.2) is 35.5 Å². The Morgan fingerprint density at radius 2 is 2.17 bits per heavy atom. The van der Waals surface area contributed by atoms with Crippen LogP contribution in [0.4, 0.5) is 0 Å². The second kappa shape index (κ2) is 9.27. The molecular weight excluding hydrogens is 320 g/mol. The minimum Gasteiger partial charge on any atom is -0.496 e. The monoisotopic (exact) mass is 346 g/mol. The van der Waals surface area contributed by atoms with E-state index in [1.165, 1.54) is 9.88 Å². The van der Waals surface area contributed by atoms with E-state index in [0.717, 1.165) is 43.2 Å². The standard InChI is InChI=1S/C18H26N4OS/c1-5-15-12-21-17(24-15)10-11-20-18(19-2)22(3)13-14-8-6-7-9-16(14)23-4/h6-9,12H,5,10-11,13H2,1-4H3,(H,19,20). The van der Waals surface area contributed by atoms with Crippen molar-refractivity contribution in [3.05, 3.63) is 45.9 Å². The average molecular weight is 347 g/mol. The maximum absolute atomic E-state index is 5.42. The number of guanidine groups is 1. The molecule has 2 aromatic rings. The summed E-state index contributed by atoms with van der Waals surface area (Å²) in [5, 5.41) is 4.57. The number of aromatic nitrogens is 1. The summed E-state index contributed by atoms with van der Waals surface area (Å²) in [6, 6.07) is 8.06. The number of aryl methyl sites for hydroxylation is 1. The van der Waals surface area contributed by atoms with E-state index in [-0.39, 0.29) is 0 Å². The fraction of sp³-hybridized carbons (Fsp3) is 0.444. The van der Waals surface area contributed by atoms with Crippen molar-refractivity contribution in [1.29, 1.82) is 0 Å². The van der Waals surface area contributed by atoms with Gasteiger partial charge in [0.25, 0.3) is 0 Å². The van der Waals surface area contributed by atoms with E-state index in [9.17, 15) is 0 Å². The molecule has 0 aliphatic rings. The Morgan fingerprint density at radius 1 is 1.38 bits per heavy atom. The normalized spacial score (nSPS) is 11.4. The molecule has 2 rings (SSSR count). The molecule has 0 bridgehead atoms. The van der Waals surface area contributed by atoms with Crippen LogP contribution in [0.25, 0.3) is 0 Å². The maximum atomic E-state index is 5.42. The first-order valence-corrected chi connectivity index (χ1v) is 8.96. The molecule has 1 aromatic carbocycles. The minimum atomic E-state index is 0.737. The van der Waals surface area contributed by atoms with Gasteiger partial charge in [0.15, 0.2) is 5.96 Å². The van der Waals surface area contributed by atoms with Crippen LogP contribution in [0.3, 0.4) is 0 Å². The quantitative estimate of drug-likeness (QED) is 0.618. The fourth-order valence-electron chi connectivity index (χ4n) is 2.46. The lowest BCUT2D eigenvalue weighted by molar-refractivity contribution is 0.396. The minimum absolute atomic E-state index is 0.737. The van der Waals surface area contributed by atoms with Crippen LogP contribution >= 0.6 is 11.3 Å². The number of hydrogen-bond acceptors (Lipinski definition) is 4. The fourth-order valence-corrected chi connectivity index (χ4v) is 3.32. The van der Waals surface area contributed by atoms with Crippen molar-refractivity contribution in [3.8, 4) is 5.75 Å². The second-order valence-electron chi connectivity index (χ2n) is 5.47. The van der Waals surface area contributed by atoms with Gasteiger partial charge in [0.05, 0.1) is 12.1 Å². The lowest BCUT2D eigenvalue weighted by Gasteiger charge is -2.23. The predicted octanol–water partition coefficient (Wildman–Crippen LogP) is 2.96. The van der Waals surface area contributed by atoms with Gasteiger partial charge in [0, 0.05) is 50.2 Å². The molecule has 0 amide bonds. The number of aliphatic imine (C=N–C) groups is 1. The summed E-state index contributed by atoms with van der Waals surface area (Å²) in [6.07, 6.45) is 3.93. The molecule has 0 fully saturated rings. The zero-order valence-corrected chi connectivity index (χ0v) is 15.7. The zero-order chi connectivity index (χ0) is 17.4. The summed E-state index contributed by atoms with van der Waals surface area (Å²) in [5.41, 5.74) is 1.14. The molecule has 0 spiro atoms. The van der Waals surface area contributed by atoms with Crippen molar-refractivity contribution in [3.63, 3.8) is 0 Å². The Bertz CT molecular complexity index is 669. The zero-order valence-electron chi connectivity index (χ0n) is 14.9. The van der Waals surface area contributed by atoms with E-state index in [1.54, 1.807) is 25.5 Å². The Labute approximate surface area is 148 Å². The van der Waals surface area contributed by atoms with Gasteiger partial charge < -0.3 is 15.0 Å². The van der Waals surface area contributed by atoms with Gasteiger partial charge in [0.1, 0.15) is 5.75 Å². The Balaban J connectivity index is 1.88. The summed E-state index contributed by atoms with van der Waals surface area (Å²) in [4.78, 5) is 12.2. The van der Waals surface area contributed by atoms with E-state index in [4.69, 9.17) is 4.74 Å². The smallest absolute Gasteiger partial charge is 0.193 e. The molecule has 1 heterocycles. The summed E-state index contributed by atoms with van der Waals surface area (Å²) >= 11 is 1.79. The first-order chi connectivity index (χ1) is 11.7. The number of benzene rings is 1. The molecule has 0 aliphatic heterocycles. The lowest BCUT2D eigenvalue weighted by atomic mass is 10.2. The first-order valence-electron chi connectivity index (χ1n) is 8.15. The van der Waals surface area contributed by atoms with Gasteiger partial charge in [-0.05, 0) is 12.5 Å². The highest BCUT2D eigenvalue weighted by molar-refractivity contribution is 7.11. The van der Waals surface area contributed by atoms with Crippen LogP contribution < -0.4 is 10.1 Å². The van der Waals surface area contributed by atoms with Gasteiger partial charge in [-0.1, -0.05) is 25.1 Å². The number of rotatable bonds is 7. The van der Waals surface area contributed by atoms with Gasteiger partial charge in [0.2, 0.25) is 0 Å². The van der Waals surface area contributed by atoms with E-state index in [2.05, 4.69) is 33.2 Å². The third-order valence-electron chi connectivity index (χ3n) is 3.75. The highest BCUT2D eigenvalue weighted by Crippen LogP contribution is 2.18. The molecule has 0 unspecified atom stereocenters. The summed E-state index contributed by atoms with van der Waals surface area (Å²) in [6.45, 7) is 3.71. The number of ether oxygens (including phenoxy) is 1. The van der Waals surface area contributed by atoms with E-state index < -0.39 is 0 Å². The van der Waals surface area contributed by atoms with Crippen LogP contribution in [0.5, 0.6) is 5.75 Å². The average Bonchev–Trinajstić information content (AvgIpc) is 3.07. The molecule has 1 N–H and O–H groups in total. The van der Waals surface area contributed by atoms with E-state index in [0.29, 0.717) is 0 Å². The summed E-state index contributed by atoms with van der Waals surface area (Å²) in [5.74, 6) is 1.77. The number of thiazole rings is 1. The largest absolute Gasteiger partial charge is 0.496 e. The molecule has 0 atom stereocenters. The molecule has 0 aliphatic carbocycles. The van der Waals surface area contributed by atoms with E-state index >= 15 is 0 Å². The second-order valence-corrected chi connectivity index (χ2v) is 6.67. The maximum Gasteiger partial charge on any atom is 0.193 e. The summed E-state index contributed by atoms with van der Waals surface area (Å²) in [7, 11) is 5.53. The van der Waals surface area contributed by atoms with Crippen molar-refractivity contribution in [2.75, 3.05) is 27.7 Å². The van der Waals surface area contributed by atoms with Gasteiger partial charge in [-0.3, -0.25) is 4.99 Å². The molecule has 6 heteroatoms. The summed E-state index contributed by atoms with van der Waals surface area (Å²) < 4.78 is 5.42. The predicted molar refractivity (Wildman–Crippen MR) is 101 cm³/mol. The molecule has 0 saturated heterocycles. The number of nitrogens with one attached hydrogen (secondary N) is 1. The molecule has 0 radical (unpaired) electrons. The molecular formula is C18H26N4OS. The van der Waals surface area contributed by atoms with Crippen LogP contribution in [-0.2, 0) is 19.4 Å². The Hall–Kier alpha value is -2.08. The molecule has 5 nitrogen and oxygen atoms in total. The van der Waals surface area contributed by atoms with Crippen molar-refractivity contribution in [2.24, 2.45) is 4.99 Å². The topological polar surface area (TPSA) is 49.8 Å². The molecule has 24 heavy (non-hydrogen) atoms. The third-order valence-corrected chi connectivity index (χ3v) is 4.95. The van der Waals surface area contributed by atoms with Crippen LogP contribution in [0.2, 0.25) is 0 Å². The molecule has 0 saturated carbocycles. The van der Waals surface area contributed by atoms with Crippen molar-refractivity contribution < 1.29 is 4.74 Å². The number of hydrogen-bond donors (Lipinski definition) is 1.